The van der Waals surface area contributed by atoms with E-state index in [1.54, 1.807) is 16.7 Å². The van der Waals surface area contributed by atoms with Gasteiger partial charge in [0, 0.05) is 16.3 Å². The molecule has 1 fully saturated rings. The first-order valence-electron chi connectivity index (χ1n) is 5.78. The Kier molecular flexibility index (Phi) is 3.05. The average Bonchev–Trinajstić information content (AvgIpc) is 2.88. The molecule has 0 atom stereocenters. The van der Waals surface area contributed by atoms with E-state index in [2.05, 4.69) is 11.1 Å². The Bertz CT molecular complexity index is 545. The van der Waals surface area contributed by atoms with Gasteiger partial charge in [-0.05, 0) is 24.3 Å². The third-order valence-electron chi connectivity index (χ3n) is 2.90. The molecule has 2 N–H and O–H groups in total. The van der Waals surface area contributed by atoms with Gasteiger partial charge in [-0.3, -0.25) is 4.79 Å². The molecule has 2 aromatic rings. The average molecular weight is 279 g/mol. The summed E-state index contributed by atoms with van der Waals surface area (Å²) in [7, 11) is 0. The number of hydrogen-bond acceptors (Lipinski definition) is 5. The number of thiophene rings is 1. The second kappa shape index (κ2) is 4.70. The zero-order chi connectivity index (χ0) is 12.5. The van der Waals surface area contributed by atoms with Crippen molar-refractivity contribution in [3.63, 3.8) is 0 Å². The lowest BCUT2D eigenvalue weighted by molar-refractivity contribution is 0.0726. The number of nitrogens with two attached hydrogens (primary N) is 1. The summed E-state index contributed by atoms with van der Waals surface area (Å²) in [4.78, 5) is 19.6. The van der Waals surface area contributed by atoms with Crippen molar-refractivity contribution in [1.82, 2.24) is 9.88 Å². The number of carbonyl (C=O) groups excluding carboxylic acids is 1. The molecule has 1 amide bonds. The normalized spacial score (nSPS) is 14.7. The van der Waals surface area contributed by atoms with Crippen molar-refractivity contribution < 1.29 is 4.79 Å². The van der Waals surface area contributed by atoms with Gasteiger partial charge in [0.05, 0.1) is 6.54 Å². The van der Waals surface area contributed by atoms with Gasteiger partial charge in [-0.25, -0.2) is 4.98 Å². The fourth-order valence-electron chi connectivity index (χ4n) is 1.86. The molecule has 0 saturated heterocycles. The van der Waals surface area contributed by atoms with Crippen molar-refractivity contribution in [3.05, 3.63) is 33.5 Å². The van der Waals surface area contributed by atoms with Crippen molar-refractivity contribution >= 4 is 33.7 Å². The number of aromatic nitrogens is 1. The Morgan fingerprint density at radius 2 is 2.33 bits per heavy atom. The van der Waals surface area contributed by atoms with E-state index in [4.69, 9.17) is 5.73 Å². The zero-order valence-electron chi connectivity index (χ0n) is 9.70. The summed E-state index contributed by atoms with van der Waals surface area (Å²) in [6.45, 7) is 0.679. The standard InChI is InChI=1S/C12H13N3OS2/c13-12-14-10(7-18-12)11(16)15(8-3-4-8)6-9-2-1-5-17-9/h1-2,5,7-8H,3-4,6H2,(H2,13,14). The highest BCUT2D eigenvalue weighted by atomic mass is 32.1. The number of rotatable bonds is 4. The highest BCUT2D eigenvalue weighted by Gasteiger charge is 2.34. The molecule has 4 nitrogen and oxygen atoms in total. The van der Waals surface area contributed by atoms with E-state index in [0.29, 0.717) is 23.4 Å². The van der Waals surface area contributed by atoms with Crippen LogP contribution >= 0.6 is 22.7 Å². The lowest BCUT2D eigenvalue weighted by Crippen LogP contribution is -2.32. The largest absolute Gasteiger partial charge is 0.375 e. The van der Waals surface area contributed by atoms with Gasteiger partial charge in [0.2, 0.25) is 0 Å². The van der Waals surface area contributed by atoms with Crippen LogP contribution in [0.5, 0.6) is 0 Å². The van der Waals surface area contributed by atoms with Gasteiger partial charge in [0.25, 0.3) is 5.91 Å². The molecule has 0 bridgehead atoms. The monoisotopic (exact) mass is 279 g/mol. The Morgan fingerprint density at radius 1 is 1.50 bits per heavy atom. The van der Waals surface area contributed by atoms with Crippen LogP contribution in [-0.4, -0.2) is 21.8 Å². The zero-order valence-corrected chi connectivity index (χ0v) is 11.3. The van der Waals surface area contributed by atoms with Crippen LogP contribution in [0.3, 0.4) is 0 Å². The second-order valence-corrected chi connectivity index (χ2v) is 6.24. The molecular formula is C12H13N3OS2. The Balaban J connectivity index is 1.79. The van der Waals surface area contributed by atoms with Crippen LogP contribution < -0.4 is 5.73 Å². The highest BCUT2D eigenvalue weighted by Crippen LogP contribution is 2.30. The van der Waals surface area contributed by atoms with Crippen molar-refractivity contribution in [2.75, 3.05) is 5.73 Å². The van der Waals surface area contributed by atoms with Gasteiger partial charge >= 0.3 is 0 Å². The minimum Gasteiger partial charge on any atom is -0.375 e. The van der Waals surface area contributed by atoms with Gasteiger partial charge in [-0.2, -0.15) is 0 Å². The third kappa shape index (κ3) is 2.39. The van der Waals surface area contributed by atoms with Crippen LogP contribution in [0.4, 0.5) is 5.13 Å². The number of anilines is 1. The maximum Gasteiger partial charge on any atom is 0.273 e. The maximum atomic E-state index is 12.4. The number of thiazole rings is 1. The van der Waals surface area contributed by atoms with E-state index in [1.165, 1.54) is 16.2 Å². The number of carbonyl (C=O) groups is 1. The first-order valence-corrected chi connectivity index (χ1v) is 7.54. The van der Waals surface area contributed by atoms with E-state index >= 15 is 0 Å². The summed E-state index contributed by atoms with van der Waals surface area (Å²) in [5.74, 6) is -0.00106. The van der Waals surface area contributed by atoms with Crippen molar-refractivity contribution in [1.29, 1.82) is 0 Å². The Hall–Kier alpha value is -1.40. The quantitative estimate of drug-likeness (QED) is 0.935. The lowest BCUT2D eigenvalue weighted by Gasteiger charge is -2.20. The van der Waals surface area contributed by atoms with E-state index in [-0.39, 0.29) is 5.91 Å². The number of nitrogen functional groups attached to an aromatic ring is 1. The predicted molar refractivity (Wildman–Crippen MR) is 73.7 cm³/mol. The fourth-order valence-corrected chi connectivity index (χ4v) is 3.10. The summed E-state index contributed by atoms with van der Waals surface area (Å²) >= 11 is 2.99. The SMILES string of the molecule is Nc1nc(C(=O)N(Cc2cccs2)C2CC2)cs1. The van der Waals surface area contributed by atoms with Crippen molar-refractivity contribution in [2.45, 2.75) is 25.4 Å². The lowest BCUT2D eigenvalue weighted by atomic mass is 10.3. The minimum absolute atomic E-state index is 0.00106. The van der Waals surface area contributed by atoms with Gasteiger partial charge in [0.1, 0.15) is 5.69 Å². The molecule has 0 unspecified atom stereocenters. The van der Waals surface area contributed by atoms with E-state index in [1.807, 2.05) is 16.3 Å². The summed E-state index contributed by atoms with van der Waals surface area (Å²) in [5.41, 5.74) is 6.06. The summed E-state index contributed by atoms with van der Waals surface area (Å²) in [6, 6.07) is 4.45. The fraction of sp³-hybridized carbons (Fsp3) is 0.333. The van der Waals surface area contributed by atoms with Gasteiger partial charge in [-0.1, -0.05) is 6.07 Å². The molecule has 0 spiro atoms. The van der Waals surface area contributed by atoms with Crippen LogP contribution in [0.2, 0.25) is 0 Å². The molecule has 1 aliphatic carbocycles. The topological polar surface area (TPSA) is 59.2 Å². The van der Waals surface area contributed by atoms with Crippen molar-refractivity contribution in [3.8, 4) is 0 Å². The first kappa shape index (κ1) is 11.7. The smallest absolute Gasteiger partial charge is 0.273 e. The first-order chi connectivity index (χ1) is 8.74. The van der Waals surface area contributed by atoms with Crippen LogP contribution in [0, 0.1) is 0 Å². The van der Waals surface area contributed by atoms with Crippen LogP contribution in [0.1, 0.15) is 28.2 Å². The van der Waals surface area contributed by atoms with E-state index in [0.717, 1.165) is 12.8 Å². The van der Waals surface area contributed by atoms with Crippen LogP contribution in [0.15, 0.2) is 22.9 Å². The van der Waals surface area contributed by atoms with E-state index in [9.17, 15) is 4.79 Å². The number of nitrogens with zero attached hydrogens (tertiary/aromatic N) is 2. The molecule has 3 rings (SSSR count). The molecule has 0 aliphatic heterocycles. The summed E-state index contributed by atoms with van der Waals surface area (Å²) in [5, 5.41) is 4.22. The Labute approximate surface area is 113 Å². The van der Waals surface area contributed by atoms with E-state index < -0.39 is 0 Å². The molecule has 2 heterocycles. The third-order valence-corrected chi connectivity index (χ3v) is 4.43. The predicted octanol–water partition coefficient (Wildman–Crippen LogP) is 2.59. The molecule has 94 valence electrons. The highest BCUT2D eigenvalue weighted by molar-refractivity contribution is 7.13. The number of amides is 1. The molecule has 0 radical (unpaired) electrons. The number of hydrogen-bond donors (Lipinski definition) is 1. The molecule has 0 aromatic carbocycles. The van der Waals surface area contributed by atoms with Gasteiger partial charge in [-0.15, -0.1) is 22.7 Å². The molecule has 1 aliphatic rings. The van der Waals surface area contributed by atoms with Gasteiger partial charge in [0.15, 0.2) is 5.13 Å². The molecular weight excluding hydrogens is 266 g/mol. The van der Waals surface area contributed by atoms with Crippen LogP contribution in [0.25, 0.3) is 0 Å². The maximum absolute atomic E-state index is 12.4. The summed E-state index contributed by atoms with van der Waals surface area (Å²) < 4.78 is 0. The Morgan fingerprint density at radius 3 is 2.89 bits per heavy atom. The summed E-state index contributed by atoms with van der Waals surface area (Å²) in [6.07, 6.45) is 2.19. The second-order valence-electron chi connectivity index (χ2n) is 4.31. The molecule has 6 heteroatoms. The molecule has 1 saturated carbocycles. The molecule has 18 heavy (non-hydrogen) atoms. The van der Waals surface area contributed by atoms with Gasteiger partial charge < -0.3 is 10.6 Å². The minimum atomic E-state index is -0.00106. The van der Waals surface area contributed by atoms with Crippen molar-refractivity contribution in [2.24, 2.45) is 0 Å². The van der Waals surface area contributed by atoms with Crippen LogP contribution in [-0.2, 0) is 6.54 Å². The molecule has 2 aromatic heterocycles.